The average Bonchev–Trinajstić information content (AvgIpc) is 3.03. The molecule has 0 fully saturated rings. The number of benzene rings is 2. The van der Waals surface area contributed by atoms with Crippen molar-refractivity contribution in [3.05, 3.63) is 66.2 Å². The van der Waals surface area contributed by atoms with Gasteiger partial charge in [-0.05, 0) is 37.6 Å². The van der Waals surface area contributed by atoms with Gasteiger partial charge in [0, 0.05) is 5.69 Å². The van der Waals surface area contributed by atoms with Crippen molar-refractivity contribution >= 4 is 28.2 Å². The molecule has 0 bridgehead atoms. The molecule has 0 amide bonds. The van der Waals surface area contributed by atoms with Gasteiger partial charge in [-0.1, -0.05) is 29.8 Å². The molecular weight excluding hydrogens is 312 g/mol. The molecule has 6 heteroatoms. The first-order valence-corrected chi connectivity index (χ1v) is 8.00. The largest absolute Gasteiger partial charge is 0.393 e. The van der Waals surface area contributed by atoms with Crippen LogP contribution in [-0.2, 0) is 0 Å². The number of para-hydroxylation sites is 2. The quantitative estimate of drug-likeness (QED) is 0.598. The van der Waals surface area contributed by atoms with Crippen LogP contribution in [0.15, 0.2) is 55.1 Å². The molecule has 0 unspecified atom stereocenters. The zero-order valence-corrected chi connectivity index (χ0v) is 14.1. The lowest BCUT2D eigenvalue weighted by atomic mass is 10.1. The van der Waals surface area contributed by atoms with Crippen molar-refractivity contribution in [3.8, 4) is 5.82 Å². The lowest BCUT2D eigenvalue weighted by Gasteiger charge is -2.14. The fraction of sp³-hybridized carbons (Fsp3) is 0.105. The predicted octanol–water partition coefficient (Wildman–Crippen LogP) is 3.76. The number of anilines is 3. The van der Waals surface area contributed by atoms with Crippen molar-refractivity contribution < 1.29 is 0 Å². The number of hydrogen-bond acceptors (Lipinski definition) is 5. The number of aromatic nitrogens is 4. The Morgan fingerprint density at radius 2 is 1.84 bits per heavy atom. The normalized spacial score (nSPS) is 11.0. The van der Waals surface area contributed by atoms with Crippen LogP contribution >= 0.6 is 0 Å². The van der Waals surface area contributed by atoms with E-state index in [0.29, 0.717) is 17.3 Å². The van der Waals surface area contributed by atoms with Crippen LogP contribution in [0.25, 0.3) is 16.9 Å². The van der Waals surface area contributed by atoms with Gasteiger partial charge in [0.2, 0.25) is 0 Å². The van der Waals surface area contributed by atoms with Crippen molar-refractivity contribution in [2.45, 2.75) is 13.8 Å². The first-order valence-electron chi connectivity index (χ1n) is 8.00. The lowest BCUT2D eigenvalue weighted by Crippen LogP contribution is -2.07. The Morgan fingerprint density at radius 1 is 1.00 bits per heavy atom. The molecule has 4 aromatic rings. The Balaban J connectivity index is 1.78. The van der Waals surface area contributed by atoms with Gasteiger partial charge in [-0.3, -0.25) is 4.57 Å². The number of nitrogens with two attached hydrogens (primary N) is 1. The summed E-state index contributed by atoms with van der Waals surface area (Å²) < 4.78 is 1.87. The monoisotopic (exact) mass is 330 g/mol. The number of nitrogens with one attached hydrogen (secondary N) is 1. The minimum Gasteiger partial charge on any atom is -0.393 e. The van der Waals surface area contributed by atoms with Crippen LogP contribution in [0.5, 0.6) is 0 Å². The van der Waals surface area contributed by atoms with E-state index in [0.717, 1.165) is 22.3 Å². The van der Waals surface area contributed by atoms with Crippen molar-refractivity contribution in [2.24, 2.45) is 0 Å². The van der Waals surface area contributed by atoms with Gasteiger partial charge in [-0.15, -0.1) is 0 Å². The van der Waals surface area contributed by atoms with E-state index < -0.39 is 0 Å². The number of nitrogen functional groups attached to an aromatic ring is 1. The van der Waals surface area contributed by atoms with Crippen LogP contribution in [0.2, 0.25) is 0 Å². The minimum atomic E-state index is 0.477. The molecule has 0 spiro atoms. The first-order chi connectivity index (χ1) is 12.1. The standard InChI is InChI=1S/C19H18N6/c1-12-7-8-14(13(2)9-12)24-18-17(20)19(22-10-21-18)25-11-23-15-5-3-4-6-16(15)25/h3-11H,20H2,1-2H3,(H,21,22,24). The number of imidazole rings is 1. The summed E-state index contributed by atoms with van der Waals surface area (Å²) in [6.07, 6.45) is 3.23. The molecule has 0 radical (unpaired) electrons. The van der Waals surface area contributed by atoms with Crippen LogP contribution in [0.4, 0.5) is 17.2 Å². The zero-order valence-electron chi connectivity index (χ0n) is 14.1. The third kappa shape index (κ3) is 2.67. The van der Waals surface area contributed by atoms with E-state index in [-0.39, 0.29) is 0 Å². The number of aryl methyl sites for hydroxylation is 2. The van der Waals surface area contributed by atoms with Crippen LogP contribution in [0, 0.1) is 13.8 Å². The molecule has 0 atom stereocenters. The fourth-order valence-electron chi connectivity index (χ4n) is 2.89. The molecule has 0 aliphatic carbocycles. The molecule has 0 aliphatic heterocycles. The van der Waals surface area contributed by atoms with Gasteiger partial charge >= 0.3 is 0 Å². The minimum absolute atomic E-state index is 0.477. The topological polar surface area (TPSA) is 81.7 Å². The van der Waals surface area contributed by atoms with Crippen LogP contribution in [-0.4, -0.2) is 19.5 Å². The number of rotatable bonds is 3. The van der Waals surface area contributed by atoms with E-state index in [1.807, 2.05) is 34.9 Å². The molecule has 0 saturated carbocycles. The Labute approximate surface area is 145 Å². The summed E-state index contributed by atoms with van der Waals surface area (Å²) in [5.41, 5.74) is 12.0. The zero-order chi connectivity index (χ0) is 17.4. The van der Waals surface area contributed by atoms with Gasteiger partial charge in [0.1, 0.15) is 18.3 Å². The summed E-state index contributed by atoms with van der Waals surface area (Å²) in [4.78, 5) is 13.1. The van der Waals surface area contributed by atoms with Crippen molar-refractivity contribution in [1.29, 1.82) is 0 Å². The maximum Gasteiger partial charge on any atom is 0.167 e. The Bertz CT molecular complexity index is 1070. The molecule has 4 rings (SSSR count). The van der Waals surface area contributed by atoms with Crippen molar-refractivity contribution in [2.75, 3.05) is 11.1 Å². The van der Waals surface area contributed by atoms with Gasteiger partial charge in [-0.2, -0.15) is 0 Å². The highest BCUT2D eigenvalue weighted by molar-refractivity contribution is 5.81. The Kier molecular flexibility index (Phi) is 3.57. The summed E-state index contributed by atoms with van der Waals surface area (Å²) in [6, 6.07) is 14.1. The summed E-state index contributed by atoms with van der Waals surface area (Å²) in [6.45, 7) is 4.12. The summed E-state index contributed by atoms with van der Waals surface area (Å²) in [5.74, 6) is 1.19. The van der Waals surface area contributed by atoms with Gasteiger partial charge in [-0.25, -0.2) is 15.0 Å². The molecule has 0 aliphatic rings. The second-order valence-corrected chi connectivity index (χ2v) is 6.01. The smallest absolute Gasteiger partial charge is 0.167 e. The molecule has 0 saturated heterocycles. The van der Waals surface area contributed by atoms with Crippen molar-refractivity contribution in [3.63, 3.8) is 0 Å². The van der Waals surface area contributed by atoms with E-state index in [4.69, 9.17) is 5.73 Å². The third-order valence-corrected chi connectivity index (χ3v) is 4.18. The van der Waals surface area contributed by atoms with Crippen LogP contribution in [0.1, 0.15) is 11.1 Å². The number of fused-ring (bicyclic) bond motifs is 1. The number of hydrogen-bond donors (Lipinski definition) is 2. The Morgan fingerprint density at radius 3 is 2.68 bits per heavy atom. The summed E-state index contributed by atoms with van der Waals surface area (Å²) >= 11 is 0. The van der Waals surface area contributed by atoms with E-state index in [9.17, 15) is 0 Å². The van der Waals surface area contributed by atoms with Crippen LogP contribution in [0.3, 0.4) is 0 Å². The predicted molar refractivity (Wildman–Crippen MR) is 100 cm³/mol. The van der Waals surface area contributed by atoms with E-state index >= 15 is 0 Å². The summed E-state index contributed by atoms with van der Waals surface area (Å²) in [5, 5.41) is 3.31. The Hall–Kier alpha value is -3.41. The molecule has 6 nitrogen and oxygen atoms in total. The van der Waals surface area contributed by atoms with E-state index in [2.05, 4.69) is 46.2 Å². The van der Waals surface area contributed by atoms with Gasteiger partial charge < -0.3 is 11.1 Å². The first kappa shape index (κ1) is 15.1. The average molecular weight is 330 g/mol. The SMILES string of the molecule is Cc1ccc(Nc2ncnc(-n3cnc4ccccc43)c2N)c(C)c1. The van der Waals surface area contributed by atoms with Gasteiger partial charge in [0.25, 0.3) is 0 Å². The molecular formula is C19H18N6. The molecule has 2 aromatic heterocycles. The van der Waals surface area contributed by atoms with E-state index in [1.165, 1.54) is 11.9 Å². The van der Waals surface area contributed by atoms with Crippen LogP contribution < -0.4 is 11.1 Å². The molecule has 25 heavy (non-hydrogen) atoms. The lowest BCUT2D eigenvalue weighted by molar-refractivity contribution is 1.00. The molecule has 2 heterocycles. The van der Waals surface area contributed by atoms with E-state index in [1.54, 1.807) is 6.33 Å². The van der Waals surface area contributed by atoms with Gasteiger partial charge in [0.05, 0.1) is 11.0 Å². The maximum atomic E-state index is 6.36. The molecule has 2 aromatic carbocycles. The third-order valence-electron chi connectivity index (χ3n) is 4.18. The number of nitrogens with zero attached hydrogens (tertiary/aromatic N) is 4. The highest BCUT2D eigenvalue weighted by atomic mass is 15.2. The second-order valence-electron chi connectivity index (χ2n) is 6.01. The van der Waals surface area contributed by atoms with Crippen molar-refractivity contribution in [1.82, 2.24) is 19.5 Å². The second kappa shape index (κ2) is 5.90. The maximum absolute atomic E-state index is 6.36. The fourth-order valence-corrected chi connectivity index (χ4v) is 2.89. The highest BCUT2D eigenvalue weighted by Gasteiger charge is 2.13. The molecule has 3 N–H and O–H groups in total. The highest BCUT2D eigenvalue weighted by Crippen LogP contribution is 2.28. The van der Waals surface area contributed by atoms with Gasteiger partial charge in [0.15, 0.2) is 11.6 Å². The summed E-state index contributed by atoms with van der Waals surface area (Å²) in [7, 11) is 0. The molecule has 124 valence electrons.